The summed E-state index contributed by atoms with van der Waals surface area (Å²) in [6.45, 7) is 1.01. The third-order valence-corrected chi connectivity index (χ3v) is 5.66. The number of hydrogen-bond acceptors (Lipinski definition) is 5. The molecule has 2 aromatic carbocycles. The molecule has 1 aliphatic heterocycles. The molecule has 0 bridgehead atoms. The van der Waals surface area contributed by atoms with Crippen LogP contribution in [-0.2, 0) is 21.2 Å². The van der Waals surface area contributed by atoms with Crippen LogP contribution >= 0.6 is 0 Å². The second-order valence-electron chi connectivity index (χ2n) is 6.58. The van der Waals surface area contributed by atoms with Gasteiger partial charge in [-0.05, 0) is 55.3 Å². The zero-order valence-corrected chi connectivity index (χ0v) is 15.9. The Morgan fingerprint density at radius 1 is 1.18 bits per heavy atom. The number of fused-ring (bicyclic) bond motifs is 1. The van der Waals surface area contributed by atoms with Crippen molar-refractivity contribution in [2.45, 2.75) is 19.4 Å². The van der Waals surface area contributed by atoms with Crippen LogP contribution in [0.2, 0.25) is 0 Å². The van der Waals surface area contributed by atoms with Crippen LogP contribution in [0.3, 0.4) is 0 Å². The Hall–Kier alpha value is -2.81. The van der Waals surface area contributed by atoms with Gasteiger partial charge in [-0.15, -0.1) is 0 Å². The summed E-state index contributed by atoms with van der Waals surface area (Å²) in [5.74, 6) is -3.38. The van der Waals surface area contributed by atoms with Crippen LogP contribution in [0.15, 0.2) is 36.4 Å². The third-order valence-electron chi connectivity index (χ3n) is 4.39. The number of ether oxygens (including phenoxy) is 1. The van der Waals surface area contributed by atoms with Gasteiger partial charge in [0.2, 0.25) is 15.8 Å². The van der Waals surface area contributed by atoms with E-state index in [1.54, 1.807) is 6.92 Å². The highest BCUT2D eigenvalue weighted by molar-refractivity contribution is 7.92. The van der Waals surface area contributed by atoms with Crippen molar-refractivity contribution in [3.05, 3.63) is 64.7 Å². The molecule has 0 aromatic heterocycles. The maximum Gasteiger partial charge on any atom is 0.338 e. The Balaban J connectivity index is 1.73. The minimum atomic E-state index is -3.45. The molecular formula is C19H17F2NO5S. The summed E-state index contributed by atoms with van der Waals surface area (Å²) in [6.07, 6.45) is 1.54. The summed E-state index contributed by atoms with van der Waals surface area (Å²) in [4.78, 5) is 24.2. The molecule has 148 valence electrons. The molecule has 0 radical (unpaired) electrons. The summed E-state index contributed by atoms with van der Waals surface area (Å²) < 4.78 is 56.8. The van der Waals surface area contributed by atoms with Crippen molar-refractivity contribution in [3.63, 3.8) is 0 Å². The van der Waals surface area contributed by atoms with Crippen molar-refractivity contribution in [1.29, 1.82) is 0 Å². The summed E-state index contributed by atoms with van der Waals surface area (Å²) in [7, 11) is -3.45. The zero-order valence-electron chi connectivity index (χ0n) is 15.1. The topological polar surface area (TPSA) is 80.8 Å². The lowest BCUT2D eigenvalue weighted by Gasteiger charge is -2.21. The number of anilines is 1. The molecule has 0 N–H and O–H groups in total. The number of carbonyl (C=O) groups is 2. The number of ketones is 1. The Morgan fingerprint density at radius 3 is 2.57 bits per heavy atom. The first-order valence-corrected chi connectivity index (χ1v) is 10.2. The molecule has 2 aromatic rings. The number of sulfonamides is 1. The Morgan fingerprint density at radius 2 is 1.89 bits per heavy atom. The SMILES string of the molecule is CC1Cc2cc(C(=O)OCC(=O)c3cc(F)ccc3F)ccc2N1S(C)(=O)=O. The first-order chi connectivity index (χ1) is 13.1. The van der Waals surface area contributed by atoms with Gasteiger partial charge in [-0.25, -0.2) is 22.0 Å². The average Bonchev–Trinajstić information content (AvgIpc) is 2.96. The second-order valence-corrected chi connectivity index (χ2v) is 8.44. The molecule has 1 heterocycles. The van der Waals surface area contributed by atoms with E-state index in [0.29, 0.717) is 17.7 Å². The molecule has 0 spiro atoms. The van der Waals surface area contributed by atoms with Crippen molar-refractivity contribution in [3.8, 4) is 0 Å². The van der Waals surface area contributed by atoms with Crippen LogP contribution in [0.25, 0.3) is 0 Å². The molecule has 9 heteroatoms. The summed E-state index contributed by atoms with van der Waals surface area (Å²) in [6, 6.07) is 6.56. The fourth-order valence-electron chi connectivity index (χ4n) is 3.24. The van der Waals surface area contributed by atoms with Crippen LogP contribution in [0, 0.1) is 11.6 Å². The normalized spacial score (nSPS) is 16.0. The van der Waals surface area contributed by atoms with Gasteiger partial charge in [-0.3, -0.25) is 9.10 Å². The van der Waals surface area contributed by atoms with Crippen LogP contribution < -0.4 is 4.31 Å². The first kappa shape index (κ1) is 19.9. The molecule has 0 aliphatic carbocycles. The fourth-order valence-corrected chi connectivity index (χ4v) is 4.50. The van der Waals surface area contributed by atoms with Crippen molar-refractivity contribution in [2.24, 2.45) is 0 Å². The number of benzene rings is 2. The minimum Gasteiger partial charge on any atom is -0.454 e. The Labute approximate surface area is 160 Å². The maximum absolute atomic E-state index is 13.6. The van der Waals surface area contributed by atoms with Crippen LogP contribution in [-0.4, -0.2) is 39.1 Å². The van der Waals surface area contributed by atoms with E-state index in [1.165, 1.54) is 22.5 Å². The van der Waals surface area contributed by atoms with E-state index >= 15 is 0 Å². The Kier molecular flexibility index (Phi) is 5.20. The van der Waals surface area contributed by atoms with Gasteiger partial charge in [0.25, 0.3) is 0 Å². The van der Waals surface area contributed by atoms with Gasteiger partial charge in [0, 0.05) is 6.04 Å². The highest BCUT2D eigenvalue weighted by Crippen LogP contribution is 2.34. The van der Waals surface area contributed by atoms with E-state index in [4.69, 9.17) is 4.74 Å². The van der Waals surface area contributed by atoms with Gasteiger partial charge in [0.05, 0.1) is 23.1 Å². The van der Waals surface area contributed by atoms with Crippen molar-refractivity contribution < 1.29 is 31.5 Å². The number of carbonyl (C=O) groups excluding carboxylic acids is 2. The lowest BCUT2D eigenvalue weighted by molar-refractivity contribution is 0.0473. The van der Waals surface area contributed by atoms with E-state index < -0.39 is 45.6 Å². The molecule has 1 aliphatic rings. The van der Waals surface area contributed by atoms with Crippen molar-refractivity contribution in [2.75, 3.05) is 17.2 Å². The highest BCUT2D eigenvalue weighted by Gasteiger charge is 2.33. The molecule has 0 fully saturated rings. The van der Waals surface area contributed by atoms with Gasteiger partial charge in [0.1, 0.15) is 11.6 Å². The van der Waals surface area contributed by atoms with E-state index in [9.17, 15) is 26.8 Å². The zero-order chi connectivity index (χ0) is 20.6. The monoisotopic (exact) mass is 409 g/mol. The lowest BCUT2D eigenvalue weighted by atomic mass is 10.1. The molecule has 6 nitrogen and oxygen atoms in total. The molecule has 0 saturated heterocycles. The number of hydrogen-bond donors (Lipinski definition) is 0. The number of Topliss-reactive ketones (excluding diaryl/α,β-unsaturated/α-hetero) is 1. The number of esters is 1. The van der Waals surface area contributed by atoms with Gasteiger partial charge in [-0.2, -0.15) is 0 Å². The maximum atomic E-state index is 13.6. The van der Waals surface area contributed by atoms with Gasteiger partial charge < -0.3 is 4.74 Å². The highest BCUT2D eigenvalue weighted by atomic mass is 32.2. The standard InChI is InChI=1S/C19H17F2NO5S/c1-11-7-13-8-12(3-6-17(13)22(11)28(2,25)26)19(24)27-10-18(23)15-9-14(20)4-5-16(15)21/h3-6,8-9,11H,7,10H2,1-2H3. The molecular weight excluding hydrogens is 392 g/mol. The van der Waals surface area contributed by atoms with Crippen LogP contribution in [0.4, 0.5) is 14.5 Å². The van der Waals surface area contributed by atoms with Gasteiger partial charge >= 0.3 is 5.97 Å². The summed E-state index contributed by atoms with van der Waals surface area (Å²) >= 11 is 0. The third kappa shape index (κ3) is 3.89. The predicted octanol–water partition coefficient (Wildman–Crippen LogP) is 2.72. The van der Waals surface area contributed by atoms with E-state index in [-0.39, 0.29) is 11.6 Å². The Bertz CT molecular complexity index is 1070. The summed E-state index contributed by atoms with van der Waals surface area (Å²) in [5.41, 5.74) is 0.785. The van der Waals surface area contributed by atoms with E-state index in [1.807, 2.05) is 0 Å². The molecule has 1 atom stereocenters. The quantitative estimate of drug-likeness (QED) is 0.560. The van der Waals surface area contributed by atoms with E-state index in [2.05, 4.69) is 0 Å². The number of rotatable bonds is 5. The minimum absolute atomic E-state index is 0.133. The van der Waals surface area contributed by atoms with Crippen LogP contribution in [0.1, 0.15) is 33.2 Å². The predicted molar refractivity (Wildman–Crippen MR) is 97.9 cm³/mol. The second kappa shape index (κ2) is 7.31. The molecule has 0 saturated carbocycles. The van der Waals surface area contributed by atoms with E-state index in [0.717, 1.165) is 24.5 Å². The average molecular weight is 409 g/mol. The fraction of sp³-hybridized carbons (Fsp3) is 0.263. The van der Waals surface area contributed by atoms with Gasteiger partial charge in [0.15, 0.2) is 6.61 Å². The number of halogens is 2. The van der Waals surface area contributed by atoms with Crippen molar-refractivity contribution in [1.82, 2.24) is 0 Å². The van der Waals surface area contributed by atoms with Crippen molar-refractivity contribution >= 4 is 27.5 Å². The van der Waals surface area contributed by atoms with Crippen LogP contribution in [0.5, 0.6) is 0 Å². The molecule has 0 amide bonds. The lowest BCUT2D eigenvalue weighted by Crippen LogP contribution is -2.34. The first-order valence-electron chi connectivity index (χ1n) is 8.35. The number of nitrogens with zero attached hydrogens (tertiary/aromatic N) is 1. The molecule has 3 rings (SSSR count). The summed E-state index contributed by atoms with van der Waals surface area (Å²) in [5, 5.41) is 0. The molecule has 28 heavy (non-hydrogen) atoms. The largest absolute Gasteiger partial charge is 0.454 e. The smallest absolute Gasteiger partial charge is 0.338 e. The van der Waals surface area contributed by atoms with Gasteiger partial charge in [-0.1, -0.05) is 0 Å². The molecule has 1 unspecified atom stereocenters.